The zero-order valence-corrected chi connectivity index (χ0v) is 13.9. The molecule has 124 valence electrons. The molecule has 2 heterocycles. The summed E-state index contributed by atoms with van der Waals surface area (Å²) < 4.78 is 7.74. The molecule has 6 nitrogen and oxygen atoms in total. The molecule has 3 aromatic rings. The summed E-state index contributed by atoms with van der Waals surface area (Å²) >= 11 is 0. The minimum absolute atomic E-state index is 0.230. The van der Waals surface area contributed by atoms with Crippen LogP contribution in [0.2, 0.25) is 0 Å². The summed E-state index contributed by atoms with van der Waals surface area (Å²) in [7, 11) is 3.01. The number of hydroxylamine groups is 2. The Morgan fingerprint density at radius 1 is 1.25 bits per heavy atom. The first-order chi connectivity index (χ1) is 11.6. The molecule has 0 spiro atoms. The van der Waals surface area contributed by atoms with Crippen LogP contribution in [0.3, 0.4) is 0 Å². The van der Waals surface area contributed by atoms with Gasteiger partial charge < -0.3 is 9.14 Å². The number of fused-ring (bicyclic) bond motifs is 1. The van der Waals surface area contributed by atoms with Crippen molar-refractivity contribution in [1.29, 1.82) is 0 Å². The summed E-state index contributed by atoms with van der Waals surface area (Å²) in [6.07, 6.45) is 3.96. The zero-order valence-electron chi connectivity index (χ0n) is 13.9. The average molecular weight is 325 g/mol. The maximum absolute atomic E-state index is 12.1. The molecule has 2 aromatic heterocycles. The number of nitrogens with zero attached hydrogens (tertiary/aromatic N) is 3. The number of carbonyl (C=O) groups excluding carboxylic acids is 1. The lowest BCUT2D eigenvalue weighted by Gasteiger charge is -2.14. The van der Waals surface area contributed by atoms with Crippen molar-refractivity contribution in [1.82, 2.24) is 14.4 Å². The topological polar surface area (TPSA) is 56.1 Å². The van der Waals surface area contributed by atoms with E-state index in [4.69, 9.17) is 9.57 Å². The van der Waals surface area contributed by atoms with Crippen LogP contribution in [-0.2, 0) is 11.4 Å². The smallest absolute Gasteiger partial charge is 0.277 e. The first kappa shape index (κ1) is 16.0. The molecule has 0 unspecified atom stereocenters. The molecule has 6 heteroatoms. The highest BCUT2D eigenvalue weighted by molar-refractivity contribution is 5.93. The van der Waals surface area contributed by atoms with Crippen LogP contribution < -0.4 is 4.74 Å². The number of carbonyl (C=O) groups is 1. The zero-order chi connectivity index (χ0) is 17.1. The number of rotatable bonds is 5. The predicted molar refractivity (Wildman–Crippen MR) is 89.8 cm³/mol. The van der Waals surface area contributed by atoms with E-state index in [0.717, 1.165) is 11.3 Å². The van der Waals surface area contributed by atoms with Crippen LogP contribution >= 0.6 is 0 Å². The van der Waals surface area contributed by atoms with E-state index in [1.54, 1.807) is 25.2 Å². The van der Waals surface area contributed by atoms with E-state index in [0.29, 0.717) is 17.9 Å². The number of pyridine rings is 1. The van der Waals surface area contributed by atoms with Gasteiger partial charge in [-0.2, -0.15) is 0 Å². The third-order valence-electron chi connectivity index (χ3n) is 3.68. The van der Waals surface area contributed by atoms with Crippen LogP contribution in [0.1, 0.15) is 21.6 Å². The van der Waals surface area contributed by atoms with Crippen molar-refractivity contribution in [2.75, 3.05) is 14.2 Å². The molecular weight excluding hydrogens is 306 g/mol. The van der Waals surface area contributed by atoms with Gasteiger partial charge in [0.2, 0.25) is 0 Å². The normalized spacial score (nSPS) is 10.8. The number of ether oxygens (including phenoxy) is 1. The van der Waals surface area contributed by atoms with Crippen molar-refractivity contribution in [2.45, 2.75) is 13.5 Å². The summed E-state index contributed by atoms with van der Waals surface area (Å²) in [5.41, 5.74) is 3.37. The number of aromatic nitrogens is 2. The maximum Gasteiger partial charge on any atom is 0.277 e. The highest BCUT2D eigenvalue weighted by atomic mass is 16.7. The molecule has 0 atom stereocenters. The Hall–Kier alpha value is -2.86. The van der Waals surface area contributed by atoms with E-state index in [9.17, 15) is 4.79 Å². The minimum Gasteiger partial charge on any atom is -0.487 e. The van der Waals surface area contributed by atoms with Gasteiger partial charge in [0.15, 0.2) is 0 Å². The van der Waals surface area contributed by atoms with Crippen LogP contribution in [0, 0.1) is 6.92 Å². The van der Waals surface area contributed by atoms with Crippen molar-refractivity contribution in [3.8, 4) is 5.75 Å². The van der Waals surface area contributed by atoms with Crippen molar-refractivity contribution in [3.63, 3.8) is 0 Å². The van der Waals surface area contributed by atoms with E-state index >= 15 is 0 Å². The van der Waals surface area contributed by atoms with Crippen LogP contribution in [0.25, 0.3) is 5.65 Å². The molecule has 0 saturated carbocycles. The largest absolute Gasteiger partial charge is 0.487 e. The summed E-state index contributed by atoms with van der Waals surface area (Å²) in [4.78, 5) is 21.5. The first-order valence-corrected chi connectivity index (χ1v) is 7.56. The van der Waals surface area contributed by atoms with Gasteiger partial charge in [-0.15, -0.1) is 0 Å². The quantitative estimate of drug-likeness (QED) is 0.677. The molecule has 0 fully saturated rings. The highest BCUT2D eigenvalue weighted by Crippen LogP contribution is 2.17. The maximum atomic E-state index is 12.1. The van der Waals surface area contributed by atoms with Crippen LogP contribution in [-0.4, -0.2) is 34.5 Å². The fourth-order valence-corrected chi connectivity index (χ4v) is 2.37. The fourth-order valence-electron chi connectivity index (χ4n) is 2.37. The number of aryl methyl sites for hydroxylation is 1. The first-order valence-electron chi connectivity index (χ1n) is 7.56. The summed E-state index contributed by atoms with van der Waals surface area (Å²) in [6.45, 7) is 2.37. The number of hydrogen-bond donors (Lipinski definition) is 0. The third-order valence-corrected chi connectivity index (χ3v) is 3.68. The Labute approximate surface area is 140 Å². The molecule has 0 bridgehead atoms. The minimum atomic E-state index is -0.230. The van der Waals surface area contributed by atoms with Gasteiger partial charge in [0.25, 0.3) is 5.91 Å². The Morgan fingerprint density at radius 3 is 2.88 bits per heavy atom. The second kappa shape index (κ2) is 6.72. The summed E-state index contributed by atoms with van der Waals surface area (Å²) in [5.74, 6) is 0.379. The van der Waals surface area contributed by atoms with E-state index in [-0.39, 0.29) is 5.91 Å². The summed E-state index contributed by atoms with van der Waals surface area (Å²) in [6, 6.07) is 11.0. The molecule has 1 aromatic carbocycles. The number of amides is 1. The lowest BCUT2D eigenvalue weighted by atomic mass is 10.2. The molecule has 24 heavy (non-hydrogen) atoms. The van der Waals surface area contributed by atoms with Crippen molar-refractivity contribution >= 4 is 11.6 Å². The Kier molecular flexibility index (Phi) is 4.48. The Morgan fingerprint density at radius 2 is 2.08 bits per heavy atom. The van der Waals surface area contributed by atoms with Gasteiger partial charge in [-0.05, 0) is 36.8 Å². The van der Waals surface area contributed by atoms with Gasteiger partial charge >= 0.3 is 0 Å². The second-order valence-corrected chi connectivity index (χ2v) is 5.51. The van der Waals surface area contributed by atoms with Gasteiger partial charge in [-0.1, -0.05) is 12.1 Å². The number of imidazole rings is 1. The monoisotopic (exact) mass is 325 g/mol. The van der Waals surface area contributed by atoms with E-state index in [2.05, 4.69) is 4.98 Å². The summed E-state index contributed by atoms with van der Waals surface area (Å²) in [5, 5.41) is 1.17. The molecular formula is C18H19N3O3. The molecule has 3 rings (SSSR count). The van der Waals surface area contributed by atoms with Gasteiger partial charge in [-0.3, -0.25) is 9.63 Å². The average Bonchev–Trinajstić information content (AvgIpc) is 3.00. The molecule has 0 aliphatic heterocycles. The molecule has 0 radical (unpaired) electrons. The number of hydrogen-bond acceptors (Lipinski definition) is 4. The SMILES string of the molecule is CON(C)C(=O)c1cccc(OCc2cn3cc(C)ccc3n2)c1. The highest BCUT2D eigenvalue weighted by Gasteiger charge is 2.12. The fraction of sp³-hybridized carbons (Fsp3) is 0.222. The lowest BCUT2D eigenvalue weighted by molar-refractivity contribution is -0.0757. The molecule has 0 aliphatic carbocycles. The van der Waals surface area contributed by atoms with Crippen molar-refractivity contribution < 1.29 is 14.4 Å². The van der Waals surface area contributed by atoms with Crippen molar-refractivity contribution in [2.24, 2.45) is 0 Å². The molecule has 0 aliphatic rings. The molecule has 0 N–H and O–H groups in total. The van der Waals surface area contributed by atoms with Crippen LogP contribution in [0.5, 0.6) is 5.75 Å². The van der Waals surface area contributed by atoms with Gasteiger partial charge in [0.05, 0.1) is 12.8 Å². The third kappa shape index (κ3) is 3.38. The molecule has 0 saturated heterocycles. The van der Waals surface area contributed by atoms with E-state index in [1.807, 2.05) is 41.9 Å². The van der Waals surface area contributed by atoms with E-state index < -0.39 is 0 Å². The van der Waals surface area contributed by atoms with Crippen LogP contribution in [0.4, 0.5) is 0 Å². The number of benzene rings is 1. The Bertz CT molecular complexity index is 873. The van der Waals surface area contributed by atoms with Crippen LogP contribution in [0.15, 0.2) is 48.8 Å². The Balaban J connectivity index is 1.72. The molecule has 1 amide bonds. The second-order valence-electron chi connectivity index (χ2n) is 5.51. The standard InChI is InChI=1S/C18H19N3O3/c1-13-7-8-17-19-15(11-21(17)10-13)12-24-16-6-4-5-14(9-16)18(22)20(2)23-3/h4-11H,12H2,1-3H3. The van der Waals surface area contributed by atoms with Gasteiger partial charge in [0, 0.05) is 25.0 Å². The van der Waals surface area contributed by atoms with Crippen molar-refractivity contribution in [3.05, 3.63) is 65.6 Å². The van der Waals surface area contributed by atoms with E-state index in [1.165, 1.54) is 17.7 Å². The van der Waals surface area contributed by atoms with Gasteiger partial charge in [-0.25, -0.2) is 10.0 Å². The lowest BCUT2D eigenvalue weighted by Crippen LogP contribution is -2.25. The van der Waals surface area contributed by atoms with Gasteiger partial charge in [0.1, 0.15) is 18.0 Å². The predicted octanol–water partition coefficient (Wildman–Crippen LogP) is 2.86.